The third kappa shape index (κ3) is 4.78. The number of nitrogens with zero attached hydrogens (tertiary/aromatic N) is 9. The highest BCUT2D eigenvalue weighted by atomic mass is 32.1. The highest BCUT2D eigenvalue weighted by molar-refractivity contribution is 7.13. The van der Waals surface area contributed by atoms with Crippen LogP contribution in [0, 0.1) is 11.3 Å². The number of hydrogen-bond acceptors (Lipinski definition) is 11. The van der Waals surface area contributed by atoms with Crippen LogP contribution in [-0.2, 0) is 9.59 Å². The van der Waals surface area contributed by atoms with Crippen molar-refractivity contribution in [2.24, 2.45) is 4.99 Å². The largest absolute Gasteiger partial charge is 0.408 e. The van der Waals surface area contributed by atoms with Gasteiger partial charge in [-0.3, -0.25) is 9.59 Å². The Morgan fingerprint density at radius 2 is 2.02 bits per heavy atom. The summed E-state index contributed by atoms with van der Waals surface area (Å²) in [7, 11) is 1.47. The average molecular weight is 577 g/mol. The Bertz CT molecular complexity index is 1390. The summed E-state index contributed by atoms with van der Waals surface area (Å²) >= 11 is 1.18. The van der Waals surface area contributed by atoms with E-state index in [1.807, 2.05) is 0 Å². The molecule has 2 unspecified atom stereocenters. The van der Waals surface area contributed by atoms with Gasteiger partial charge in [-0.25, -0.2) is 29.6 Å². The molecule has 3 aliphatic heterocycles. The minimum Gasteiger partial charge on any atom is -0.335 e. The fourth-order valence-electron chi connectivity index (χ4n) is 4.89. The molecule has 2 saturated heterocycles. The number of rotatable bonds is 6. The van der Waals surface area contributed by atoms with Crippen LogP contribution in [0.5, 0.6) is 0 Å². The number of aliphatic imine (C=N–C) groups is 1. The molecule has 0 spiro atoms. The van der Waals surface area contributed by atoms with Gasteiger partial charge in [0.05, 0.1) is 12.4 Å². The molecule has 40 heavy (non-hydrogen) atoms. The maximum absolute atomic E-state index is 13.3. The van der Waals surface area contributed by atoms with Gasteiger partial charge >= 0.3 is 12.2 Å². The topological polar surface area (TPSA) is 151 Å². The second-order valence-electron chi connectivity index (χ2n) is 9.41. The first-order chi connectivity index (χ1) is 19.0. The number of thiazole rings is 1. The Morgan fingerprint density at radius 1 is 1.30 bits per heavy atom. The Kier molecular flexibility index (Phi) is 7.04. The maximum Gasteiger partial charge on any atom is 0.408 e. The summed E-state index contributed by atoms with van der Waals surface area (Å²) in [5, 5.41) is 13.7. The number of nitriles is 1. The van der Waals surface area contributed by atoms with Crippen molar-refractivity contribution in [3.05, 3.63) is 17.8 Å². The van der Waals surface area contributed by atoms with Crippen LogP contribution >= 0.6 is 11.3 Å². The lowest BCUT2D eigenvalue weighted by Crippen LogP contribution is -2.66. The predicted molar refractivity (Wildman–Crippen MR) is 136 cm³/mol. The molecule has 5 heterocycles. The molecule has 0 aliphatic carbocycles. The zero-order valence-electron chi connectivity index (χ0n) is 21.2. The highest BCUT2D eigenvalue weighted by Crippen LogP contribution is 2.35. The van der Waals surface area contributed by atoms with Crippen molar-refractivity contribution in [2.75, 3.05) is 30.4 Å². The fourth-order valence-corrected chi connectivity index (χ4v) is 5.62. The molecule has 0 saturated carbocycles. The molecule has 0 aromatic carbocycles. The van der Waals surface area contributed by atoms with Crippen molar-refractivity contribution in [3.8, 4) is 16.6 Å². The third-order valence-corrected chi connectivity index (χ3v) is 7.88. The van der Waals surface area contributed by atoms with Gasteiger partial charge in [0.15, 0.2) is 12.2 Å². The first-order valence-electron chi connectivity index (χ1n) is 12.2. The second kappa shape index (κ2) is 10.3. The lowest BCUT2D eigenvalue weighted by atomic mass is 10.1. The number of halogens is 3. The second-order valence-corrected chi connectivity index (χ2v) is 10.3. The number of anilines is 2. The van der Waals surface area contributed by atoms with Gasteiger partial charge in [-0.15, -0.1) is 11.3 Å². The monoisotopic (exact) mass is 576 g/mol. The number of carbonyl (C=O) groups excluding carboxylic acids is 3. The van der Waals surface area contributed by atoms with Gasteiger partial charge in [-0.2, -0.15) is 18.4 Å². The van der Waals surface area contributed by atoms with E-state index in [4.69, 9.17) is 5.26 Å². The normalized spacial score (nSPS) is 23.4. The van der Waals surface area contributed by atoms with Crippen LogP contribution in [0.15, 0.2) is 22.8 Å². The molecule has 13 nitrogen and oxygen atoms in total. The van der Waals surface area contributed by atoms with E-state index in [2.05, 4.69) is 25.3 Å². The van der Waals surface area contributed by atoms with Gasteiger partial charge in [0.1, 0.15) is 29.5 Å². The van der Waals surface area contributed by atoms with Crippen molar-refractivity contribution in [2.45, 2.75) is 50.2 Å². The van der Waals surface area contributed by atoms with Gasteiger partial charge in [0.2, 0.25) is 11.9 Å². The lowest BCUT2D eigenvalue weighted by molar-refractivity contribution is -0.146. The molecule has 3 aliphatic rings. The number of imide groups is 1. The Balaban J connectivity index is 1.25. The minimum absolute atomic E-state index is 0.00559. The van der Waals surface area contributed by atoms with E-state index >= 15 is 0 Å². The SMILES string of the molecule is C[C@@H](C(=O)Nc1csc(-c2cnc(N3CCC[C@H]3C(F)(F)F)nc2)n1)N1C=NC2C1C(=O)N(CC#N)C(=O)N2C. The molecule has 4 atom stereocenters. The lowest BCUT2D eigenvalue weighted by Gasteiger charge is -2.41. The minimum atomic E-state index is -4.37. The van der Waals surface area contributed by atoms with E-state index < -0.39 is 54.9 Å². The number of alkyl halides is 3. The Hall–Kier alpha value is -4.33. The van der Waals surface area contributed by atoms with Gasteiger partial charge < -0.3 is 20.0 Å². The predicted octanol–water partition coefficient (Wildman–Crippen LogP) is 1.91. The molecular weight excluding hydrogens is 553 g/mol. The standard InChI is InChI=1S/C23H23F3N10O3S/c1-12(36-11-30-17-16(36)20(38)35(7-5-27)22(39)33(17)2)18(37)31-15-10-40-19(32-15)13-8-28-21(29-9-13)34-6-3-4-14(34)23(24,25)26/h8-12,14,16-17H,3-4,6-7H2,1-2H3,(H,31,37)/t12-,14-,16?,17?/m0/s1. The van der Waals surface area contributed by atoms with E-state index in [0.29, 0.717) is 17.0 Å². The number of hydrogen-bond donors (Lipinski definition) is 1. The van der Waals surface area contributed by atoms with E-state index in [1.165, 1.54) is 46.9 Å². The van der Waals surface area contributed by atoms with Crippen LogP contribution in [-0.4, -0.2) is 104 Å². The number of carbonyl (C=O) groups is 3. The maximum atomic E-state index is 13.3. The van der Waals surface area contributed by atoms with Crippen LogP contribution in [0.4, 0.5) is 29.7 Å². The summed E-state index contributed by atoms with van der Waals surface area (Å²) in [6.07, 6.45) is -0.683. The average Bonchev–Trinajstić information content (AvgIpc) is 3.69. The van der Waals surface area contributed by atoms with Crippen LogP contribution in [0.25, 0.3) is 10.6 Å². The number of amides is 4. The molecule has 0 bridgehead atoms. The summed E-state index contributed by atoms with van der Waals surface area (Å²) in [6, 6.07) is -2.31. The van der Waals surface area contributed by atoms with E-state index in [9.17, 15) is 27.6 Å². The molecule has 17 heteroatoms. The van der Waals surface area contributed by atoms with Crippen LogP contribution in [0.2, 0.25) is 0 Å². The van der Waals surface area contributed by atoms with Crippen molar-refractivity contribution < 1.29 is 27.6 Å². The van der Waals surface area contributed by atoms with Crippen molar-refractivity contribution in [1.29, 1.82) is 5.26 Å². The molecule has 2 aromatic rings. The summed E-state index contributed by atoms with van der Waals surface area (Å²) in [5.41, 5.74) is 0.470. The number of likely N-dealkylation sites (N-methyl/N-ethyl adjacent to an activating group) is 1. The first kappa shape index (κ1) is 27.2. The molecule has 210 valence electrons. The third-order valence-electron chi connectivity index (χ3n) is 6.99. The Labute approximate surface area is 229 Å². The van der Waals surface area contributed by atoms with Crippen LogP contribution in [0.3, 0.4) is 0 Å². The first-order valence-corrected chi connectivity index (χ1v) is 13.1. The zero-order valence-corrected chi connectivity index (χ0v) is 22.1. The summed E-state index contributed by atoms with van der Waals surface area (Å²) < 4.78 is 39.9. The quantitative estimate of drug-likeness (QED) is 0.509. The molecule has 2 fully saturated rings. The van der Waals surface area contributed by atoms with Crippen LogP contribution in [0.1, 0.15) is 19.8 Å². The van der Waals surface area contributed by atoms with E-state index in [1.54, 1.807) is 18.4 Å². The van der Waals surface area contributed by atoms with Crippen molar-refractivity contribution in [1.82, 2.24) is 29.7 Å². The van der Waals surface area contributed by atoms with Gasteiger partial charge in [0.25, 0.3) is 5.91 Å². The smallest absolute Gasteiger partial charge is 0.335 e. The molecule has 0 radical (unpaired) electrons. The fraction of sp³-hybridized carbons (Fsp3) is 0.478. The molecule has 2 aromatic heterocycles. The summed E-state index contributed by atoms with van der Waals surface area (Å²) in [6.45, 7) is 1.36. The summed E-state index contributed by atoms with van der Waals surface area (Å²) in [4.78, 5) is 59.9. The van der Waals surface area contributed by atoms with Gasteiger partial charge in [0, 0.05) is 36.9 Å². The van der Waals surface area contributed by atoms with Crippen molar-refractivity contribution >= 4 is 47.3 Å². The molecule has 4 amide bonds. The van der Waals surface area contributed by atoms with Crippen molar-refractivity contribution in [3.63, 3.8) is 0 Å². The molecule has 5 rings (SSSR count). The number of fused-ring (bicyclic) bond motifs is 1. The van der Waals surface area contributed by atoms with Gasteiger partial charge in [-0.05, 0) is 19.8 Å². The highest BCUT2D eigenvalue weighted by Gasteiger charge is 2.51. The summed E-state index contributed by atoms with van der Waals surface area (Å²) in [5.74, 6) is -0.909. The number of nitrogens with one attached hydrogen (secondary N) is 1. The Morgan fingerprint density at radius 3 is 2.70 bits per heavy atom. The van der Waals surface area contributed by atoms with E-state index in [-0.39, 0.29) is 24.7 Å². The van der Waals surface area contributed by atoms with Gasteiger partial charge in [-0.1, -0.05) is 0 Å². The molecule has 1 N–H and O–H groups in total. The zero-order chi connectivity index (χ0) is 28.8. The van der Waals surface area contributed by atoms with E-state index in [0.717, 1.165) is 9.80 Å². The number of urea groups is 1. The van der Waals surface area contributed by atoms with Crippen LogP contribution < -0.4 is 10.2 Å². The number of aromatic nitrogens is 3. The molecular formula is C23H23F3N10O3S.